The van der Waals surface area contributed by atoms with Gasteiger partial charge in [0.1, 0.15) is 11.5 Å². The molecule has 0 bridgehead atoms. The predicted molar refractivity (Wildman–Crippen MR) is 53.5 cm³/mol. The van der Waals surface area contributed by atoms with Gasteiger partial charge in [-0.25, -0.2) is 8.78 Å². The summed E-state index contributed by atoms with van der Waals surface area (Å²) in [5, 5.41) is 9.47. The van der Waals surface area contributed by atoms with Crippen molar-refractivity contribution in [2.75, 3.05) is 7.11 Å². The molecule has 0 saturated heterocycles. The van der Waals surface area contributed by atoms with Crippen molar-refractivity contribution in [3.05, 3.63) is 23.8 Å². The lowest BCUT2D eigenvalue weighted by Gasteiger charge is -2.32. The number of benzene rings is 1. The first-order valence-electron chi connectivity index (χ1n) is 4.87. The number of fused-ring (bicyclic) bond motifs is 1. The minimum absolute atomic E-state index is 0.0650. The van der Waals surface area contributed by atoms with Crippen LogP contribution in [0.25, 0.3) is 0 Å². The Hall–Kier alpha value is -1.69. The molecule has 1 atom stereocenters. The molecule has 92 valence electrons. The molecule has 1 heterocycles. The molecule has 6 heteroatoms. The smallest absolute Gasteiger partial charge is 0.302 e. The van der Waals surface area contributed by atoms with E-state index in [-0.39, 0.29) is 11.3 Å². The predicted octanol–water partition coefficient (Wildman–Crippen LogP) is 1.61. The molecule has 0 aromatic heterocycles. The summed E-state index contributed by atoms with van der Waals surface area (Å²) in [7, 11) is 1.42. The number of aliphatic hydroxyl groups is 1. The fraction of sp³-hybridized carbons (Fsp3) is 0.364. The zero-order valence-corrected chi connectivity index (χ0v) is 8.94. The molecule has 1 aliphatic rings. The third-order valence-electron chi connectivity index (χ3n) is 2.53. The highest BCUT2D eigenvalue weighted by molar-refractivity contribution is 6.00. The molecular formula is C11H10F2O4. The maximum Gasteiger partial charge on any atom is 0.302 e. The van der Waals surface area contributed by atoms with Crippen molar-refractivity contribution >= 4 is 5.78 Å². The molecule has 0 unspecified atom stereocenters. The summed E-state index contributed by atoms with van der Waals surface area (Å²) in [5.41, 5.74) is 0.134. The maximum atomic E-state index is 12.6. The van der Waals surface area contributed by atoms with Gasteiger partial charge < -0.3 is 14.6 Å². The lowest BCUT2D eigenvalue weighted by molar-refractivity contribution is -0.220. The Morgan fingerprint density at radius 3 is 2.82 bits per heavy atom. The van der Waals surface area contributed by atoms with Crippen LogP contribution in [0.4, 0.5) is 8.78 Å². The molecule has 1 aromatic carbocycles. The van der Waals surface area contributed by atoms with Crippen molar-refractivity contribution in [1.82, 2.24) is 0 Å². The van der Waals surface area contributed by atoms with Crippen LogP contribution in [-0.2, 0) is 0 Å². The van der Waals surface area contributed by atoms with E-state index in [0.717, 1.165) is 0 Å². The van der Waals surface area contributed by atoms with E-state index < -0.39 is 24.4 Å². The van der Waals surface area contributed by atoms with Gasteiger partial charge in [-0.1, -0.05) is 0 Å². The highest BCUT2D eigenvalue weighted by Gasteiger charge is 2.46. The van der Waals surface area contributed by atoms with Crippen molar-refractivity contribution < 1.29 is 28.2 Å². The van der Waals surface area contributed by atoms with Crippen LogP contribution in [0.15, 0.2) is 18.2 Å². The van der Waals surface area contributed by atoms with E-state index in [4.69, 9.17) is 9.47 Å². The van der Waals surface area contributed by atoms with Crippen LogP contribution in [0, 0.1) is 0 Å². The zero-order chi connectivity index (χ0) is 12.6. The Kier molecular flexibility index (Phi) is 2.74. The molecule has 0 amide bonds. The molecule has 0 fully saturated rings. The molecule has 0 radical (unpaired) electrons. The first-order chi connectivity index (χ1) is 7.96. The molecule has 0 aliphatic carbocycles. The van der Waals surface area contributed by atoms with E-state index in [0.29, 0.717) is 5.75 Å². The van der Waals surface area contributed by atoms with E-state index in [1.165, 1.54) is 25.3 Å². The number of Topliss-reactive ketones (excluding diaryl/α,β-unsaturated/α-hetero) is 1. The largest absolute Gasteiger partial charge is 0.497 e. The molecular weight excluding hydrogens is 234 g/mol. The topological polar surface area (TPSA) is 55.8 Å². The van der Waals surface area contributed by atoms with Gasteiger partial charge in [-0.05, 0) is 18.2 Å². The Morgan fingerprint density at radius 1 is 1.53 bits per heavy atom. The summed E-state index contributed by atoms with van der Waals surface area (Å²) in [6.07, 6.45) is -3.92. The quantitative estimate of drug-likeness (QED) is 0.858. The number of halogens is 2. The summed E-state index contributed by atoms with van der Waals surface area (Å²) in [6.45, 7) is 0. The average Bonchev–Trinajstić information content (AvgIpc) is 2.28. The fourth-order valence-electron chi connectivity index (χ4n) is 1.62. The van der Waals surface area contributed by atoms with Crippen LogP contribution in [0.5, 0.6) is 11.5 Å². The zero-order valence-electron chi connectivity index (χ0n) is 8.94. The Balaban J connectivity index is 2.42. The second-order valence-electron chi connectivity index (χ2n) is 3.71. The summed E-state index contributed by atoms with van der Waals surface area (Å²) in [6, 6.07) is 4.17. The SMILES string of the molecule is COc1ccc2c(c1)C(=O)C[C@@](O)(C(F)F)O2. The Morgan fingerprint density at radius 2 is 2.24 bits per heavy atom. The van der Waals surface area contributed by atoms with Crippen LogP contribution in [-0.4, -0.2) is 30.2 Å². The van der Waals surface area contributed by atoms with Crippen LogP contribution in [0.1, 0.15) is 16.8 Å². The van der Waals surface area contributed by atoms with Crippen LogP contribution < -0.4 is 9.47 Å². The number of methoxy groups -OCH3 is 1. The number of rotatable bonds is 2. The summed E-state index contributed by atoms with van der Waals surface area (Å²) in [4.78, 5) is 11.6. The minimum Gasteiger partial charge on any atom is -0.497 e. The lowest BCUT2D eigenvalue weighted by atomic mass is 9.98. The molecule has 17 heavy (non-hydrogen) atoms. The van der Waals surface area contributed by atoms with Crippen LogP contribution in [0.3, 0.4) is 0 Å². The standard InChI is InChI=1S/C11H10F2O4/c1-16-6-2-3-9-7(4-6)8(14)5-11(15,17-9)10(12)13/h2-4,10,15H,5H2,1H3/t11-/m0/s1. The first-order valence-corrected chi connectivity index (χ1v) is 4.87. The maximum absolute atomic E-state index is 12.6. The molecule has 1 N–H and O–H groups in total. The number of carbonyl (C=O) groups excluding carboxylic acids is 1. The van der Waals surface area contributed by atoms with Gasteiger partial charge in [0, 0.05) is 0 Å². The van der Waals surface area contributed by atoms with Gasteiger partial charge in [-0.3, -0.25) is 4.79 Å². The van der Waals surface area contributed by atoms with Gasteiger partial charge in [0.15, 0.2) is 5.78 Å². The van der Waals surface area contributed by atoms with Gasteiger partial charge in [0.25, 0.3) is 5.79 Å². The fourth-order valence-corrected chi connectivity index (χ4v) is 1.62. The Labute approximate surface area is 95.8 Å². The second-order valence-corrected chi connectivity index (χ2v) is 3.71. The number of hydrogen-bond acceptors (Lipinski definition) is 4. The molecule has 1 aliphatic heterocycles. The van der Waals surface area contributed by atoms with E-state index in [1.807, 2.05) is 0 Å². The van der Waals surface area contributed by atoms with E-state index >= 15 is 0 Å². The van der Waals surface area contributed by atoms with Crippen molar-refractivity contribution in [1.29, 1.82) is 0 Å². The third-order valence-corrected chi connectivity index (χ3v) is 2.53. The molecule has 2 rings (SSSR count). The summed E-state index contributed by atoms with van der Waals surface area (Å²) >= 11 is 0. The number of hydrogen-bond donors (Lipinski definition) is 1. The van der Waals surface area contributed by atoms with Crippen molar-refractivity contribution in [2.45, 2.75) is 18.6 Å². The monoisotopic (exact) mass is 244 g/mol. The number of ether oxygens (including phenoxy) is 2. The normalized spacial score (nSPS) is 23.2. The van der Waals surface area contributed by atoms with Gasteiger partial charge in [-0.15, -0.1) is 0 Å². The summed E-state index contributed by atoms with van der Waals surface area (Å²) < 4.78 is 34.8. The number of ketones is 1. The number of alkyl halides is 2. The van der Waals surface area contributed by atoms with E-state index in [9.17, 15) is 18.7 Å². The molecule has 0 saturated carbocycles. The van der Waals surface area contributed by atoms with Crippen LogP contribution >= 0.6 is 0 Å². The van der Waals surface area contributed by atoms with Gasteiger partial charge in [-0.2, -0.15) is 0 Å². The highest BCUT2D eigenvalue weighted by atomic mass is 19.3. The Bertz CT molecular complexity index is 461. The van der Waals surface area contributed by atoms with Gasteiger partial charge in [0.05, 0.1) is 19.1 Å². The third kappa shape index (κ3) is 1.95. The minimum atomic E-state index is -3.15. The molecule has 0 spiro atoms. The highest BCUT2D eigenvalue weighted by Crippen LogP contribution is 2.36. The molecule has 1 aromatic rings. The van der Waals surface area contributed by atoms with E-state index in [2.05, 4.69) is 0 Å². The van der Waals surface area contributed by atoms with Crippen molar-refractivity contribution in [3.8, 4) is 11.5 Å². The average molecular weight is 244 g/mol. The van der Waals surface area contributed by atoms with Crippen LogP contribution in [0.2, 0.25) is 0 Å². The first kappa shape index (κ1) is 11.8. The van der Waals surface area contributed by atoms with Crippen molar-refractivity contribution in [2.24, 2.45) is 0 Å². The van der Waals surface area contributed by atoms with Gasteiger partial charge in [0.2, 0.25) is 0 Å². The van der Waals surface area contributed by atoms with E-state index in [1.54, 1.807) is 0 Å². The van der Waals surface area contributed by atoms with Crippen molar-refractivity contribution in [3.63, 3.8) is 0 Å². The second kappa shape index (κ2) is 3.96. The molecule has 4 nitrogen and oxygen atoms in total. The summed E-state index contributed by atoms with van der Waals surface area (Å²) in [5.74, 6) is -2.99. The lowest BCUT2D eigenvalue weighted by Crippen LogP contribution is -2.48. The number of carbonyl (C=O) groups is 1. The van der Waals surface area contributed by atoms with Gasteiger partial charge >= 0.3 is 6.43 Å².